The average Bonchev–Trinajstić information content (AvgIpc) is 3.63. The lowest BCUT2D eigenvalue weighted by molar-refractivity contribution is -0.177. The van der Waals surface area contributed by atoms with Gasteiger partial charge in [0.05, 0.1) is 30.1 Å². The number of likely N-dealkylation sites (tertiary alicyclic amines) is 1. The number of aliphatic hydroxyl groups is 1. The van der Waals surface area contributed by atoms with Crippen molar-refractivity contribution >= 4 is 28.3 Å². The monoisotopic (exact) mass is 691 g/mol. The van der Waals surface area contributed by atoms with Crippen LogP contribution >= 0.6 is 11.3 Å². The number of nitrogens with one attached hydrogen (secondary N) is 1. The summed E-state index contributed by atoms with van der Waals surface area (Å²) in [6.45, 7) is 4.00. The van der Waals surface area contributed by atoms with Gasteiger partial charge < -0.3 is 20.4 Å². The molecule has 47 heavy (non-hydrogen) atoms. The number of aliphatic hydroxyl groups excluding tert-OH is 1. The van der Waals surface area contributed by atoms with Gasteiger partial charge in [-0.1, -0.05) is 0 Å². The Balaban J connectivity index is 1.35. The number of alkyl halides is 6. The van der Waals surface area contributed by atoms with Crippen molar-refractivity contribution in [2.45, 2.75) is 63.4 Å². The topological polar surface area (TPSA) is 118 Å². The minimum atomic E-state index is -4.88. The molecule has 3 aromatic rings. The molecular formula is C29H32F7N7O3S. The first-order valence-electron chi connectivity index (χ1n) is 14.7. The first-order valence-corrected chi connectivity index (χ1v) is 15.6. The Labute approximate surface area is 268 Å². The fraction of sp³-hybridized carbons (Fsp3) is 0.517. The number of aliphatic carboxylic acids is 1. The molecule has 2 aliphatic heterocycles. The van der Waals surface area contributed by atoms with Gasteiger partial charge in [-0.05, 0) is 44.5 Å². The van der Waals surface area contributed by atoms with E-state index in [4.69, 9.17) is 5.11 Å². The van der Waals surface area contributed by atoms with Gasteiger partial charge in [0.1, 0.15) is 23.4 Å². The normalized spacial score (nSPS) is 20.5. The third-order valence-corrected chi connectivity index (χ3v) is 9.10. The van der Waals surface area contributed by atoms with E-state index in [2.05, 4.69) is 20.3 Å². The molecule has 4 heterocycles. The SMILES string of the molecule is C[C@@H]1CN(CCC(=O)O)CCN1c1cnc(C(O)Nc2nc(-c3cc(F)cc(C(F)(F)F)c3)c(CN3CCC[C@H]3C(F)(F)F)s2)cn1. The summed E-state index contributed by atoms with van der Waals surface area (Å²) in [6, 6.07) is 0.0878. The molecule has 0 amide bonds. The van der Waals surface area contributed by atoms with Crippen LogP contribution in [-0.4, -0.2) is 91.9 Å². The third-order valence-electron chi connectivity index (χ3n) is 8.13. The van der Waals surface area contributed by atoms with Crippen LogP contribution in [0.2, 0.25) is 0 Å². The quantitative estimate of drug-likeness (QED) is 0.189. The fourth-order valence-electron chi connectivity index (χ4n) is 5.85. The maximum absolute atomic E-state index is 14.3. The number of hydrogen-bond donors (Lipinski definition) is 3. The van der Waals surface area contributed by atoms with Crippen molar-refractivity contribution in [3.63, 3.8) is 0 Å². The Bertz CT molecular complexity index is 1550. The second-order valence-electron chi connectivity index (χ2n) is 11.5. The summed E-state index contributed by atoms with van der Waals surface area (Å²) in [6.07, 6.45) is -7.93. The molecule has 256 valence electrons. The molecular weight excluding hydrogens is 659 g/mol. The van der Waals surface area contributed by atoms with Crippen LogP contribution in [0.15, 0.2) is 30.6 Å². The van der Waals surface area contributed by atoms with Gasteiger partial charge in [0.15, 0.2) is 11.4 Å². The van der Waals surface area contributed by atoms with Crippen molar-refractivity contribution in [2.24, 2.45) is 0 Å². The zero-order valence-electron chi connectivity index (χ0n) is 25.0. The Morgan fingerprint density at radius 3 is 2.51 bits per heavy atom. The standard InChI is InChI=1S/C29H32F7N7O3S/c1-16-14-41(6-4-24(44)45)7-8-43(16)23-13-37-20(12-38-23)26(46)40-27-39-25(17-9-18(28(31,32)33)11-19(30)10-17)21(47-27)15-42-5-2-3-22(42)29(34,35)36/h9-13,16,22,26,46H,2-8,14-15H2,1H3,(H,39,40)(H,44,45)/t16-,22+,26?/m1/s1. The number of carboxylic acid groups (broad SMARTS) is 1. The predicted molar refractivity (Wildman–Crippen MR) is 158 cm³/mol. The molecule has 0 saturated carbocycles. The molecule has 10 nitrogen and oxygen atoms in total. The summed E-state index contributed by atoms with van der Waals surface area (Å²) in [5.41, 5.74) is -1.61. The third kappa shape index (κ3) is 8.46. The van der Waals surface area contributed by atoms with Crippen LogP contribution < -0.4 is 10.2 Å². The molecule has 0 radical (unpaired) electrons. The Morgan fingerprint density at radius 2 is 1.87 bits per heavy atom. The van der Waals surface area contributed by atoms with Crippen molar-refractivity contribution in [1.29, 1.82) is 0 Å². The van der Waals surface area contributed by atoms with Crippen LogP contribution in [0.1, 0.15) is 48.5 Å². The summed E-state index contributed by atoms with van der Waals surface area (Å²) in [5.74, 6) is -1.53. The molecule has 3 atom stereocenters. The zero-order chi connectivity index (χ0) is 34.1. The molecule has 1 unspecified atom stereocenters. The number of aromatic nitrogens is 3. The van der Waals surface area contributed by atoms with Gasteiger partial charge in [0.25, 0.3) is 0 Å². The van der Waals surface area contributed by atoms with Gasteiger partial charge in [-0.25, -0.2) is 14.4 Å². The van der Waals surface area contributed by atoms with Crippen LogP contribution in [0.25, 0.3) is 11.3 Å². The van der Waals surface area contributed by atoms with Crippen molar-refractivity contribution in [2.75, 3.05) is 42.9 Å². The molecule has 3 N–H and O–H groups in total. The smallest absolute Gasteiger partial charge is 0.416 e. The van der Waals surface area contributed by atoms with Crippen LogP contribution in [0.3, 0.4) is 0 Å². The summed E-state index contributed by atoms with van der Waals surface area (Å²) in [4.78, 5) is 29.2. The molecule has 1 aromatic carbocycles. The molecule has 2 fully saturated rings. The number of benzene rings is 1. The highest BCUT2D eigenvalue weighted by Gasteiger charge is 2.46. The summed E-state index contributed by atoms with van der Waals surface area (Å²) in [7, 11) is 0. The van der Waals surface area contributed by atoms with Crippen molar-refractivity contribution in [3.8, 4) is 11.3 Å². The van der Waals surface area contributed by atoms with Crippen LogP contribution in [0, 0.1) is 5.82 Å². The zero-order valence-corrected chi connectivity index (χ0v) is 25.8. The average molecular weight is 692 g/mol. The lowest BCUT2D eigenvalue weighted by atomic mass is 10.1. The molecule has 2 aliphatic rings. The number of nitrogens with zero attached hydrogens (tertiary/aromatic N) is 6. The highest BCUT2D eigenvalue weighted by atomic mass is 32.1. The number of rotatable bonds is 10. The van der Waals surface area contributed by atoms with Gasteiger partial charge in [-0.2, -0.15) is 26.3 Å². The maximum atomic E-state index is 14.3. The molecule has 5 rings (SSSR count). The van der Waals surface area contributed by atoms with Gasteiger partial charge in [-0.3, -0.25) is 19.6 Å². The van der Waals surface area contributed by atoms with E-state index in [0.717, 1.165) is 17.4 Å². The number of thiazole rings is 1. The second kappa shape index (κ2) is 13.9. The summed E-state index contributed by atoms with van der Waals surface area (Å²) in [5, 5.41) is 22.5. The van der Waals surface area contributed by atoms with E-state index < -0.39 is 42.0 Å². The Hall–Kier alpha value is -3.61. The number of halogens is 7. The predicted octanol–water partition coefficient (Wildman–Crippen LogP) is 5.37. The van der Waals surface area contributed by atoms with Crippen molar-refractivity contribution in [1.82, 2.24) is 24.8 Å². The minimum Gasteiger partial charge on any atom is -0.481 e. The summed E-state index contributed by atoms with van der Waals surface area (Å²) >= 11 is 0.835. The van der Waals surface area contributed by atoms with E-state index in [-0.39, 0.29) is 65.4 Å². The van der Waals surface area contributed by atoms with Gasteiger partial charge in [0, 0.05) is 49.2 Å². The fourth-order valence-corrected chi connectivity index (χ4v) is 6.88. The Kier molecular flexibility index (Phi) is 10.2. The molecule has 18 heteroatoms. The first kappa shape index (κ1) is 34.7. The molecule has 0 spiro atoms. The maximum Gasteiger partial charge on any atom is 0.416 e. The highest BCUT2D eigenvalue weighted by Crippen LogP contribution is 2.40. The number of hydrogen-bond acceptors (Lipinski definition) is 10. The highest BCUT2D eigenvalue weighted by molar-refractivity contribution is 7.16. The van der Waals surface area contributed by atoms with Crippen LogP contribution in [-0.2, 0) is 17.5 Å². The number of piperazine rings is 1. The van der Waals surface area contributed by atoms with Crippen molar-refractivity contribution < 1.29 is 45.7 Å². The molecule has 0 bridgehead atoms. The van der Waals surface area contributed by atoms with E-state index in [1.807, 2.05) is 16.7 Å². The van der Waals surface area contributed by atoms with Gasteiger partial charge >= 0.3 is 18.3 Å². The Morgan fingerprint density at radius 1 is 1.11 bits per heavy atom. The van der Waals surface area contributed by atoms with E-state index in [1.165, 1.54) is 17.3 Å². The lowest BCUT2D eigenvalue weighted by Crippen LogP contribution is -2.52. The van der Waals surface area contributed by atoms with E-state index in [1.54, 1.807) is 0 Å². The lowest BCUT2D eigenvalue weighted by Gasteiger charge is -2.40. The van der Waals surface area contributed by atoms with Crippen LogP contribution in [0.5, 0.6) is 0 Å². The molecule has 2 aromatic heterocycles. The molecule has 0 aliphatic carbocycles. The van der Waals surface area contributed by atoms with E-state index in [9.17, 15) is 40.6 Å². The van der Waals surface area contributed by atoms with Crippen molar-refractivity contribution in [3.05, 3.63) is 52.5 Å². The number of carbonyl (C=O) groups is 1. The first-order chi connectivity index (χ1) is 22.1. The van der Waals surface area contributed by atoms with Gasteiger partial charge in [0.2, 0.25) is 0 Å². The number of anilines is 2. The van der Waals surface area contributed by atoms with Crippen LogP contribution in [0.4, 0.5) is 41.7 Å². The number of carboxylic acids is 1. The second-order valence-corrected chi connectivity index (χ2v) is 12.6. The summed E-state index contributed by atoms with van der Waals surface area (Å²) < 4.78 is 95.8. The minimum absolute atomic E-state index is 0.00106. The largest absolute Gasteiger partial charge is 0.481 e. The van der Waals surface area contributed by atoms with Gasteiger partial charge in [-0.15, -0.1) is 11.3 Å². The van der Waals surface area contributed by atoms with E-state index >= 15 is 0 Å². The van der Waals surface area contributed by atoms with E-state index in [0.29, 0.717) is 44.1 Å². The molecule has 2 saturated heterocycles.